The number of aromatic nitrogens is 3. The van der Waals surface area contributed by atoms with Crippen LogP contribution in [-0.4, -0.2) is 26.4 Å². The number of carbonyl (C=O) groups excluding carboxylic acids is 1. The van der Waals surface area contributed by atoms with Crippen LogP contribution in [0.5, 0.6) is 5.75 Å². The zero-order valence-corrected chi connectivity index (χ0v) is 18.5. The lowest BCUT2D eigenvalue weighted by atomic mass is 10.2. The van der Waals surface area contributed by atoms with Crippen molar-refractivity contribution in [3.8, 4) is 5.75 Å². The van der Waals surface area contributed by atoms with Crippen LogP contribution < -0.4 is 10.1 Å². The standard InChI is InChI=1S/C20H20Cl2N4O2S/c1-12-14(21)8-6-9-16(12)23-18(27)11-29-20-25-24-19(26(20)3)13(2)28-17-10-5-4-7-15(17)22/h4-10,13H,11H2,1-3H3,(H,23,27)/t13-/m0/s1. The molecular weight excluding hydrogens is 431 g/mol. The quantitative estimate of drug-likeness (QED) is 0.494. The van der Waals surface area contributed by atoms with E-state index in [4.69, 9.17) is 27.9 Å². The third-order valence-electron chi connectivity index (χ3n) is 4.25. The summed E-state index contributed by atoms with van der Waals surface area (Å²) < 4.78 is 7.71. The number of ether oxygens (including phenoxy) is 1. The van der Waals surface area contributed by atoms with Gasteiger partial charge in [-0.3, -0.25) is 4.79 Å². The molecule has 0 aliphatic carbocycles. The SMILES string of the molecule is Cc1c(Cl)cccc1NC(=O)CSc1nnc([C@H](C)Oc2ccccc2Cl)n1C. The zero-order valence-electron chi connectivity index (χ0n) is 16.1. The fourth-order valence-electron chi connectivity index (χ4n) is 2.65. The summed E-state index contributed by atoms with van der Waals surface area (Å²) in [5.41, 5.74) is 1.53. The minimum Gasteiger partial charge on any atom is -0.481 e. The van der Waals surface area contributed by atoms with E-state index in [1.165, 1.54) is 11.8 Å². The number of carbonyl (C=O) groups is 1. The molecule has 9 heteroatoms. The first-order valence-corrected chi connectivity index (χ1v) is 10.6. The maximum Gasteiger partial charge on any atom is 0.234 e. The van der Waals surface area contributed by atoms with E-state index in [1.807, 2.05) is 43.7 Å². The molecule has 29 heavy (non-hydrogen) atoms. The number of nitrogens with zero attached hydrogens (tertiary/aromatic N) is 3. The Labute approximate surface area is 183 Å². The molecule has 2 aromatic carbocycles. The Hall–Kier alpha value is -2.22. The first-order chi connectivity index (χ1) is 13.9. The largest absolute Gasteiger partial charge is 0.481 e. The lowest BCUT2D eigenvalue weighted by molar-refractivity contribution is -0.113. The number of nitrogens with one attached hydrogen (secondary N) is 1. The summed E-state index contributed by atoms with van der Waals surface area (Å²) in [5.74, 6) is 1.26. The molecule has 0 spiro atoms. The molecule has 1 aromatic heterocycles. The van der Waals surface area contributed by atoms with E-state index in [0.717, 1.165) is 5.56 Å². The highest BCUT2D eigenvalue weighted by Crippen LogP contribution is 2.29. The highest BCUT2D eigenvalue weighted by atomic mass is 35.5. The molecule has 0 saturated heterocycles. The average molecular weight is 451 g/mol. The van der Waals surface area contributed by atoms with Gasteiger partial charge in [0.25, 0.3) is 0 Å². The van der Waals surface area contributed by atoms with Gasteiger partial charge in [-0.15, -0.1) is 10.2 Å². The minimum atomic E-state index is -0.357. The molecule has 0 aliphatic rings. The Balaban J connectivity index is 1.61. The molecule has 3 rings (SSSR count). The van der Waals surface area contributed by atoms with Crippen molar-refractivity contribution < 1.29 is 9.53 Å². The molecule has 0 bridgehead atoms. The van der Waals surface area contributed by atoms with E-state index in [0.29, 0.717) is 32.5 Å². The molecule has 0 saturated carbocycles. The smallest absolute Gasteiger partial charge is 0.234 e. The van der Waals surface area contributed by atoms with Gasteiger partial charge in [0, 0.05) is 17.8 Å². The second-order valence-corrected chi connectivity index (χ2v) is 8.10. The van der Waals surface area contributed by atoms with Crippen molar-refractivity contribution in [2.75, 3.05) is 11.1 Å². The van der Waals surface area contributed by atoms with Crippen molar-refractivity contribution in [3.05, 3.63) is 63.9 Å². The van der Waals surface area contributed by atoms with Gasteiger partial charge in [0.15, 0.2) is 17.1 Å². The van der Waals surface area contributed by atoms with Crippen molar-refractivity contribution in [2.45, 2.75) is 25.1 Å². The van der Waals surface area contributed by atoms with Crippen LogP contribution in [0.2, 0.25) is 10.0 Å². The van der Waals surface area contributed by atoms with Crippen LogP contribution in [0.15, 0.2) is 47.6 Å². The van der Waals surface area contributed by atoms with Crippen molar-refractivity contribution in [1.29, 1.82) is 0 Å². The van der Waals surface area contributed by atoms with Gasteiger partial charge in [-0.25, -0.2) is 0 Å². The van der Waals surface area contributed by atoms with Crippen LogP contribution in [0.1, 0.15) is 24.4 Å². The normalized spacial score (nSPS) is 11.9. The average Bonchev–Trinajstić information content (AvgIpc) is 3.06. The summed E-state index contributed by atoms with van der Waals surface area (Å²) in [5, 5.41) is 13.0. The van der Waals surface area contributed by atoms with E-state index >= 15 is 0 Å². The van der Waals surface area contributed by atoms with E-state index in [2.05, 4.69) is 15.5 Å². The number of amides is 1. The molecular formula is C20H20Cl2N4O2S. The predicted molar refractivity (Wildman–Crippen MR) is 117 cm³/mol. The summed E-state index contributed by atoms with van der Waals surface area (Å²) in [6.45, 7) is 3.73. The van der Waals surface area contributed by atoms with Gasteiger partial charge >= 0.3 is 0 Å². The molecule has 6 nitrogen and oxygen atoms in total. The molecule has 0 unspecified atom stereocenters. The molecule has 1 atom stereocenters. The lowest BCUT2D eigenvalue weighted by Gasteiger charge is -2.15. The van der Waals surface area contributed by atoms with Crippen LogP contribution in [0.3, 0.4) is 0 Å². The number of thioether (sulfide) groups is 1. The number of para-hydroxylation sites is 1. The number of rotatable bonds is 7. The Morgan fingerprint density at radius 1 is 1.17 bits per heavy atom. The van der Waals surface area contributed by atoms with E-state index in [-0.39, 0.29) is 17.8 Å². The van der Waals surface area contributed by atoms with Gasteiger partial charge in [-0.2, -0.15) is 0 Å². The fraction of sp³-hybridized carbons (Fsp3) is 0.250. The monoisotopic (exact) mass is 450 g/mol. The summed E-state index contributed by atoms with van der Waals surface area (Å²) in [6, 6.07) is 12.7. The molecule has 1 amide bonds. The topological polar surface area (TPSA) is 69.0 Å². The maximum absolute atomic E-state index is 12.3. The minimum absolute atomic E-state index is 0.148. The zero-order chi connectivity index (χ0) is 21.0. The van der Waals surface area contributed by atoms with E-state index in [1.54, 1.807) is 24.3 Å². The van der Waals surface area contributed by atoms with Crippen molar-refractivity contribution >= 4 is 46.6 Å². The van der Waals surface area contributed by atoms with Crippen molar-refractivity contribution in [3.63, 3.8) is 0 Å². The van der Waals surface area contributed by atoms with Crippen molar-refractivity contribution in [2.24, 2.45) is 7.05 Å². The second kappa shape index (κ2) is 9.52. The van der Waals surface area contributed by atoms with Gasteiger partial charge < -0.3 is 14.6 Å². The van der Waals surface area contributed by atoms with E-state index < -0.39 is 0 Å². The molecule has 0 radical (unpaired) electrons. The van der Waals surface area contributed by atoms with Gasteiger partial charge in [0.1, 0.15) is 5.75 Å². The molecule has 3 aromatic rings. The van der Waals surface area contributed by atoms with Gasteiger partial charge in [0.05, 0.1) is 10.8 Å². The third kappa shape index (κ3) is 5.23. The van der Waals surface area contributed by atoms with Crippen molar-refractivity contribution in [1.82, 2.24) is 14.8 Å². The van der Waals surface area contributed by atoms with Crippen LogP contribution in [0, 0.1) is 6.92 Å². The highest BCUT2D eigenvalue weighted by Gasteiger charge is 2.19. The lowest BCUT2D eigenvalue weighted by Crippen LogP contribution is -2.15. The number of anilines is 1. The molecule has 152 valence electrons. The third-order valence-corrected chi connectivity index (χ3v) is 5.99. The molecule has 0 fully saturated rings. The first kappa shape index (κ1) is 21.5. The van der Waals surface area contributed by atoms with Crippen LogP contribution in [0.4, 0.5) is 5.69 Å². The Kier molecular flexibility index (Phi) is 7.05. The number of hydrogen-bond donors (Lipinski definition) is 1. The highest BCUT2D eigenvalue weighted by molar-refractivity contribution is 7.99. The second-order valence-electron chi connectivity index (χ2n) is 6.34. The van der Waals surface area contributed by atoms with E-state index in [9.17, 15) is 4.79 Å². The Morgan fingerprint density at radius 3 is 2.66 bits per heavy atom. The van der Waals surface area contributed by atoms with Crippen LogP contribution in [-0.2, 0) is 11.8 Å². The van der Waals surface area contributed by atoms with Gasteiger partial charge in [0.2, 0.25) is 5.91 Å². The van der Waals surface area contributed by atoms with Crippen LogP contribution in [0.25, 0.3) is 0 Å². The maximum atomic E-state index is 12.3. The summed E-state index contributed by atoms with van der Waals surface area (Å²) in [7, 11) is 1.84. The van der Waals surface area contributed by atoms with Crippen LogP contribution >= 0.6 is 35.0 Å². The van der Waals surface area contributed by atoms with Gasteiger partial charge in [-0.1, -0.05) is 53.2 Å². The Bertz CT molecular complexity index is 1030. The Morgan fingerprint density at radius 2 is 1.90 bits per heavy atom. The first-order valence-electron chi connectivity index (χ1n) is 8.85. The number of hydrogen-bond acceptors (Lipinski definition) is 5. The summed E-state index contributed by atoms with van der Waals surface area (Å²) in [4.78, 5) is 12.3. The summed E-state index contributed by atoms with van der Waals surface area (Å²) in [6.07, 6.45) is -0.357. The fourth-order valence-corrected chi connectivity index (χ4v) is 3.72. The number of halogens is 2. The predicted octanol–water partition coefficient (Wildman–Crippen LogP) is 5.30. The molecule has 1 N–H and O–H groups in total. The van der Waals surface area contributed by atoms with Gasteiger partial charge in [-0.05, 0) is 43.7 Å². The summed E-state index contributed by atoms with van der Waals surface area (Å²) >= 11 is 13.5. The number of benzene rings is 2. The molecule has 0 aliphatic heterocycles. The molecule has 1 heterocycles.